The monoisotopic (exact) mass is 291 g/mol. The Morgan fingerprint density at radius 2 is 2.14 bits per heavy atom. The van der Waals surface area contributed by atoms with E-state index < -0.39 is 0 Å². The van der Waals surface area contributed by atoms with Crippen LogP contribution in [0.5, 0.6) is 0 Å². The van der Waals surface area contributed by atoms with E-state index >= 15 is 0 Å². The van der Waals surface area contributed by atoms with Crippen molar-refractivity contribution in [3.05, 3.63) is 11.9 Å². The van der Waals surface area contributed by atoms with Crippen LogP contribution in [0.4, 0.5) is 11.6 Å². The zero-order valence-corrected chi connectivity index (χ0v) is 13.1. The summed E-state index contributed by atoms with van der Waals surface area (Å²) in [6.45, 7) is 5.41. The maximum Gasteiger partial charge on any atom is 0.239 e. The van der Waals surface area contributed by atoms with Crippen LogP contribution >= 0.6 is 0 Å². The number of likely N-dealkylation sites (N-methyl/N-ethyl adjacent to an activating group) is 1. The van der Waals surface area contributed by atoms with Crippen LogP contribution in [0.2, 0.25) is 0 Å². The fraction of sp³-hybridized carbons (Fsp3) is 0.667. The SMILES string of the molecule is CCCNc1ncnc(N(C)CC(=O)NC2CC2)c1CC. The fourth-order valence-corrected chi connectivity index (χ4v) is 2.24. The van der Waals surface area contributed by atoms with Crippen molar-refractivity contribution in [3.8, 4) is 0 Å². The van der Waals surface area contributed by atoms with Crippen molar-refractivity contribution >= 4 is 17.5 Å². The summed E-state index contributed by atoms with van der Waals surface area (Å²) in [6.07, 6.45) is 5.64. The van der Waals surface area contributed by atoms with Crippen LogP contribution in [0.15, 0.2) is 6.33 Å². The summed E-state index contributed by atoms with van der Waals surface area (Å²) in [5.74, 6) is 1.76. The number of nitrogens with one attached hydrogen (secondary N) is 2. The van der Waals surface area contributed by atoms with Gasteiger partial charge in [0.05, 0.1) is 6.54 Å². The van der Waals surface area contributed by atoms with Gasteiger partial charge < -0.3 is 15.5 Å². The molecule has 0 atom stereocenters. The van der Waals surface area contributed by atoms with Crippen LogP contribution in [-0.2, 0) is 11.2 Å². The second-order valence-electron chi connectivity index (χ2n) is 5.50. The summed E-state index contributed by atoms with van der Waals surface area (Å²) in [5.41, 5.74) is 1.06. The van der Waals surface area contributed by atoms with E-state index in [0.29, 0.717) is 12.6 Å². The van der Waals surface area contributed by atoms with Gasteiger partial charge in [0.15, 0.2) is 0 Å². The molecule has 0 aliphatic heterocycles. The molecular formula is C15H25N5O. The van der Waals surface area contributed by atoms with E-state index in [1.807, 2.05) is 11.9 Å². The van der Waals surface area contributed by atoms with Crippen LogP contribution in [-0.4, -0.2) is 42.1 Å². The first-order valence-corrected chi connectivity index (χ1v) is 7.73. The number of nitrogens with zero attached hydrogens (tertiary/aromatic N) is 3. The van der Waals surface area contributed by atoms with Gasteiger partial charge in [-0.15, -0.1) is 0 Å². The van der Waals surface area contributed by atoms with Gasteiger partial charge in [-0.25, -0.2) is 9.97 Å². The third kappa shape index (κ3) is 4.31. The molecule has 2 rings (SSSR count). The van der Waals surface area contributed by atoms with Gasteiger partial charge in [-0.05, 0) is 25.7 Å². The molecule has 1 aromatic heterocycles. The third-order valence-electron chi connectivity index (χ3n) is 3.50. The molecule has 6 nitrogen and oxygen atoms in total. The lowest BCUT2D eigenvalue weighted by Gasteiger charge is -2.21. The van der Waals surface area contributed by atoms with E-state index in [4.69, 9.17) is 0 Å². The normalized spacial score (nSPS) is 13.9. The Morgan fingerprint density at radius 3 is 2.76 bits per heavy atom. The molecule has 0 aromatic carbocycles. The van der Waals surface area contributed by atoms with Gasteiger partial charge in [0, 0.05) is 25.2 Å². The Bertz CT molecular complexity index is 487. The number of amides is 1. The van der Waals surface area contributed by atoms with Gasteiger partial charge in [0.25, 0.3) is 0 Å². The molecule has 1 aromatic rings. The highest BCUT2D eigenvalue weighted by molar-refractivity contribution is 5.82. The van der Waals surface area contributed by atoms with Crippen LogP contribution in [0.3, 0.4) is 0 Å². The maximum atomic E-state index is 11.9. The molecule has 1 aliphatic rings. The van der Waals surface area contributed by atoms with Crippen molar-refractivity contribution in [1.29, 1.82) is 0 Å². The minimum atomic E-state index is 0.0590. The first kappa shape index (κ1) is 15.5. The third-order valence-corrected chi connectivity index (χ3v) is 3.50. The van der Waals surface area contributed by atoms with Crippen LogP contribution in [0, 0.1) is 0 Å². The van der Waals surface area contributed by atoms with Gasteiger partial charge >= 0.3 is 0 Å². The van der Waals surface area contributed by atoms with Crippen LogP contribution in [0.25, 0.3) is 0 Å². The van der Waals surface area contributed by atoms with Gasteiger partial charge in [-0.2, -0.15) is 0 Å². The Hall–Kier alpha value is -1.85. The second kappa shape index (κ2) is 7.24. The number of carbonyl (C=O) groups excluding carboxylic acids is 1. The number of aromatic nitrogens is 2. The van der Waals surface area contributed by atoms with Gasteiger partial charge in [0.2, 0.25) is 5.91 Å². The molecule has 0 spiro atoms. The molecule has 0 unspecified atom stereocenters. The Labute approximate surface area is 126 Å². The number of rotatable bonds is 8. The maximum absolute atomic E-state index is 11.9. The highest BCUT2D eigenvalue weighted by Gasteiger charge is 2.24. The lowest BCUT2D eigenvalue weighted by atomic mass is 10.2. The Balaban J connectivity index is 2.07. The quantitative estimate of drug-likeness (QED) is 0.761. The molecule has 1 amide bonds. The summed E-state index contributed by atoms with van der Waals surface area (Å²) >= 11 is 0. The molecule has 1 fully saturated rings. The Morgan fingerprint density at radius 1 is 1.38 bits per heavy atom. The molecule has 1 saturated carbocycles. The van der Waals surface area contributed by atoms with E-state index in [1.54, 1.807) is 6.33 Å². The van der Waals surface area contributed by atoms with Crippen molar-refractivity contribution in [1.82, 2.24) is 15.3 Å². The molecule has 1 heterocycles. The average molecular weight is 291 g/mol. The minimum Gasteiger partial charge on any atom is -0.370 e. The predicted molar refractivity (Wildman–Crippen MR) is 84.6 cm³/mol. The van der Waals surface area contributed by atoms with E-state index in [1.165, 1.54) is 0 Å². The number of hydrogen-bond acceptors (Lipinski definition) is 5. The van der Waals surface area contributed by atoms with E-state index in [0.717, 1.165) is 49.4 Å². The molecule has 0 bridgehead atoms. The zero-order chi connectivity index (χ0) is 15.2. The highest BCUT2D eigenvalue weighted by atomic mass is 16.2. The highest BCUT2D eigenvalue weighted by Crippen LogP contribution is 2.23. The van der Waals surface area contributed by atoms with Crippen molar-refractivity contribution in [3.63, 3.8) is 0 Å². The molecule has 6 heteroatoms. The first-order valence-electron chi connectivity index (χ1n) is 7.73. The number of carbonyl (C=O) groups is 1. The fourth-order valence-electron chi connectivity index (χ4n) is 2.24. The topological polar surface area (TPSA) is 70.2 Å². The lowest BCUT2D eigenvalue weighted by Crippen LogP contribution is -2.37. The summed E-state index contributed by atoms with van der Waals surface area (Å²) < 4.78 is 0. The smallest absolute Gasteiger partial charge is 0.239 e. The number of hydrogen-bond donors (Lipinski definition) is 2. The first-order chi connectivity index (χ1) is 10.2. The standard InChI is InChI=1S/C15H25N5O/c1-4-8-16-14-12(5-2)15(18-10-17-14)20(3)9-13(21)19-11-6-7-11/h10-11H,4-9H2,1-3H3,(H,19,21)(H,16,17,18). The lowest BCUT2D eigenvalue weighted by molar-refractivity contribution is -0.119. The van der Waals surface area contributed by atoms with E-state index in [2.05, 4.69) is 34.4 Å². The minimum absolute atomic E-state index is 0.0590. The second-order valence-corrected chi connectivity index (χ2v) is 5.50. The summed E-state index contributed by atoms with van der Waals surface area (Å²) in [6, 6.07) is 0.392. The predicted octanol–water partition coefficient (Wildman–Crippen LogP) is 1.58. The van der Waals surface area contributed by atoms with Gasteiger partial charge in [-0.1, -0.05) is 13.8 Å². The average Bonchev–Trinajstić information content (AvgIpc) is 3.28. The molecule has 2 N–H and O–H groups in total. The number of anilines is 2. The van der Waals surface area contributed by atoms with E-state index in [-0.39, 0.29) is 5.91 Å². The molecule has 0 saturated heterocycles. The summed E-state index contributed by atoms with van der Waals surface area (Å²) in [7, 11) is 1.90. The molecule has 116 valence electrons. The summed E-state index contributed by atoms with van der Waals surface area (Å²) in [4.78, 5) is 22.5. The van der Waals surface area contributed by atoms with Crippen molar-refractivity contribution in [2.45, 2.75) is 45.6 Å². The zero-order valence-electron chi connectivity index (χ0n) is 13.1. The van der Waals surface area contributed by atoms with E-state index in [9.17, 15) is 4.79 Å². The van der Waals surface area contributed by atoms with Crippen molar-refractivity contribution in [2.75, 3.05) is 30.4 Å². The Kier molecular flexibility index (Phi) is 5.36. The molecule has 1 aliphatic carbocycles. The van der Waals surface area contributed by atoms with Crippen LogP contribution < -0.4 is 15.5 Å². The molecular weight excluding hydrogens is 266 g/mol. The van der Waals surface area contributed by atoms with Gasteiger partial charge in [-0.3, -0.25) is 4.79 Å². The van der Waals surface area contributed by atoms with Crippen molar-refractivity contribution < 1.29 is 4.79 Å². The summed E-state index contributed by atoms with van der Waals surface area (Å²) in [5, 5.41) is 6.33. The molecule has 0 radical (unpaired) electrons. The van der Waals surface area contributed by atoms with Crippen LogP contribution in [0.1, 0.15) is 38.7 Å². The van der Waals surface area contributed by atoms with Gasteiger partial charge in [0.1, 0.15) is 18.0 Å². The largest absolute Gasteiger partial charge is 0.370 e. The molecule has 21 heavy (non-hydrogen) atoms. The van der Waals surface area contributed by atoms with Crippen molar-refractivity contribution in [2.24, 2.45) is 0 Å².